The van der Waals surface area contributed by atoms with Crippen molar-refractivity contribution in [1.29, 1.82) is 0 Å². The van der Waals surface area contributed by atoms with Gasteiger partial charge in [0.05, 0.1) is 6.10 Å². The van der Waals surface area contributed by atoms with Crippen LogP contribution in [0.2, 0.25) is 0 Å². The van der Waals surface area contributed by atoms with Crippen LogP contribution in [0.4, 0.5) is 0 Å². The van der Waals surface area contributed by atoms with E-state index in [-0.39, 0.29) is 11.5 Å². The Balaban J connectivity index is 2.92. The van der Waals surface area contributed by atoms with Crippen molar-refractivity contribution in [3.8, 4) is 0 Å². The lowest BCUT2D eigenvalue weighted by Gasteiger charge is -2.29. The van der Waals surface area contributed by atoms with Crippen LogP contribution in [0, 0.1) is 5.41 Å². The third-order valence-corrected chi connectivity index (χ3v) is 2.01. The van der Waals surface area contributed by atoms with Crippen LogP contribution < -0.4 is 0 Å². The molecule has 2 nitrogen and oxygen atoms in total. The molecule has 1 atom stereocenters. The molecule has 1 rings (SSSR count). The highest BCUT2D eigenvalue weighted by Gasteiger charge is 2.25. The van der Waals surface area contributed by atoms with Gasteiger partial charge in [0, 0.05) is 19.5 Å². The lowest BCUT2D eigenvalue weighted by atomic mass is 9.85. The van der Waals surface area contributed by atoms with E-state index in [1.807, 2.05) is 18.3 Å². The molecular formula is C11H17NO. The second-order valence-electron chi connectivity index (χ2n) is 4.27. The number of methoxy groups -OCH3 is 1. The lowest BCUT2D eigenvalue weighted by molar-refractivity contribution is 0.0150. The molecule has 0 bridgehead atoms. The molecule has 2 heteroatoms. The smallest absolute Gasteiger partial charge is 0.0884 e. The van der Waals surface area contributed by atoms with Gasteiger partial charge in [-0.25, -0.2) is 0 Å². The lowest BCUT2D eigenvalue weighted by Crippen LogP contribution is -2.20. The molecule has 0 aliphatic heterocycles. The van der Waals surface area contributed by atoms with Gasteiger partial charge in [0.1, 0.15) is 0 Å². The van der Waals surface area contributed by atoms with Crippen molar-refractivity contribution in [2.45, 2.75) is 26.9 Å². The number of ether oxygens (including phenoxy) is 1. The van der Waals surface area contributed by atoms with Crippen molar-refractivity contribution >= 4 is 0 Å². The molecule has 1 aromatic heterocycles. The summed E-state index contributed by atoms with van der Waals surface area (Å²) in [4.78, 5) is 4.09. The number of rotatable bonds is 2. The fourth-order valence-corrected chi connectivity index (χ4v) is 1.52. The summed E-state index contributed by atoms with van der Waals surface area (Å²) in [6.45, 7) is 6.48. The molecule has 0 amide bonds. The zero-order chi connectivity index (χ0) is 9.90. The molecule has 0 radical (unpaired) electrons. The minimum Gasteiger partial charge on any atom is -0.376 e. The van der Waals surface area contributed by atoms with Crippen molar-refractivity contribution < 1.29 is 4.74 Å². The van der Waals surface area contributed by atoms with Crippen molar-refractivity contribution in [1.82, 2.24) is 4.98 Å². The van der Waals surface area contributed by atoms with Crippen LogP contribution in [-0.4, -0.2) is 12.1 Å². The molecular weight excluding hydrogens is 162 g/mol. The van der Waals surface area contributed by atoms with Gasteiger partial charge in [-0.15, -0.1) is 0 Å². The first kappa shape index (κ1) is 10.2. The van der Waals surface area contributed by atoms with Gasteiger partial charge in [0.2, 0.25) is 0 Å². The number of hydrogen-bond acceptors (Lipinski definition) is 2. The van der Waals surface area contributed by atoms with E-state index in [1.165, 1.54) is 0 Å². The Labute approximate surface area is 80.0 Å². The highest BCUT2D eigenvalue weighted by atomic mass is 16.5. The number of hydrogen-bond donors (Lipinski definition) is 0. The summed E-state index contributed by atoms with van der Waals surface area (Å²) < 4.78 is 5.46. The number of nitrogens with zero attached hydrogens (tertiary/aromatic N) is 1. The molecule has 0 fully saturated rings. The van der Waals surface area contributed by atoms with Crippen LogP contribution in [0.25, 0.3) is 0 Å². The van der Waals surface area contributed by atoms with Crippen molar-refractivity contribution in [3.63, 3.8) is 0 Å². The molecule has 0 N–H and O–H groups in total. The van der Waals surface area contributed by atoms with E-state index in [0.717, 1.165) is 5.56 Å². The summed E-state index contributed by atoms with van der Waals surface area (Å²) in [6.07, 6.45) is 3.75. The predicted molar refractivity (Wildman–Crippen MR) is 53.4 cm³/mol. The highest BCUT2D eigenvalue weighted by Crippen LogP contribution is 2.34. The van der Waals surface area contributed by atoms with Gasteiger partial charge in [0.15, 0.2) is 0 Å². The first-order chi connectivity index (χ1) is 6.05. The molecule has 72 valence electrons. The zero-order valence-electron chi connectivity index (χ0n) is 8.74. The van der Waals surface area contributed by atoms with Gasteiger partial charge < -0.3 is 4.74 Å². The molecule has 1 heterocycles. The Hall–Kier alpha value is -0.890. The monoisotopic (exact) mass is 179 g/mol. The Kier molecular flexibility index (Phi) is 3.04. The summed E-state index contributed by atoms with van der Waals surface area (Å²) in [7, 11) is 1.74. The maximum absolute atomic E-state index is 5.46. The third-order valence-electron chi connectivity index (χ3n) is 2.01. The Morgan fingerprint density at radius 1 is 1.38 bits per heavy atom. The minimum atomic E-state index is 0.109. The first-order valence-corrected chi connectivity index (χ1v) is 4.48. The van der Waals surface area contributed by atoms with Crippen molar-refractivity contribution in [3.05, 3.63) is 30.1 Å². The Morgan fingerprint density at radius 3 is 2.46 bits per heavy atom. The second-order valence-corrected chi connectivity index (χ2v) is 4.27. The van der Waals surface area contributed by atoms with E-state index < -0.39 is 0 Å². The molecule has 1 unspecified atom stereocenters. The minimum absolute atomic E-state index is 0.109. The fourth-order valence-electron chi connectivity index (χ4n) is 1.52. The summed E-state index contributed by atoms with van der Waals surface area (Å²) in [6, 6.07) is 3.99. The molecule has 0 spiro atoms. The fraction of sp³-hybridized carbons (Fsp3) is 0.545. The van der Waals surface area contributed by atoms with Crippen molar-refractivity contribution in [2.24, 2.45) is 5.41 Å². The first-order valence-electron chi connectivity index (χ1n) is 4.48. The standard InChI is InChI=1S/C11H17NO/c1-11(2,3)10(13-4)9-6-5-7-12-8-9/h5-8,10H,1-4H3. The summed E-state index contributed by atoms with van der Waals surface area (Å²) in [5.41, 5.74) is 1.25. The Morgan fingerprint density at radius 2 is 2.08 bits per heavy atom. The van der Waals surface area contributed by atoms with Crippen LogP contribution in [0.5, 0.6) is 0 Å². The van der Waals surface area contributed by atoms with E-state index >= 15 is 0 Å². The maximum atomic E-state index is 5.46. The van der Waals surface area contributed by atoms with Crippen LogP contribution in [0.3, 0.4) is 0 Å². The highest BCUT2D eigenvalue weighted by molar-refractivity contribution is 5.14. The number of pyridine rings is 1. The molecule has 0 aliphatic rings. The van der Waals surface area contributed by atoms with Gasteiger partial charge in [-0.3, -0.25) is 4.98 Å². The zero-order valence-corrected chi connectivity index (χ0v) is 8.74. The quantitative estimate of drug-likeness (QED) is 0.696. The van der Waals surface area contributed by atoms with Gasteiger partial charge in [-0.05, 0) is 17.0 Å². The average molecular weight is 179 g/mol. The van der Waals surface area contributed by atoms with Gasteiger partial charge in [-0.2, -0.15) is 0 Å². The normalized spacial score (nSPS) is 14.2. The van der Waals surface area contributed by atoms with Gasteiger partial charge >= 0.3 is 0 Å². The van der Waals surface area contributed by atoms with Crippen LogP contribution >= 0.6 is 0 Å². The van der Waals surface area contributed by atoms with Crippen LogP contribution in [0.15, 0.2) is 24.5 Å². The molecule has 1 aromatic rings. The summed E-state index contributed by atoms with van der Waals surface area (Å²) in [5, 5.41) is 0. The van der Waals surface area contributed by atoms with Crippen LogP contribution in [-0.2, 0) is 4.74 Å². The summed E-state index contributed by atoms with van der Waals surface area (Å²) >= 11 is 0. The van der Waals surface area contributed by atoms with Gasteiger partial charge in [0.25, 0.3) is 0 Å². The van der Waals surface area contributed by atoms with Crippen molar-refractivity contribution in [2.75, 3.05) is 7.11 Å². The summed E-state index contributed by atoms with van der Waals surface area (Å²) in [5.74, 6) is 0. The molecule has 0 saturated heterocycles. The van der Waals surface area contributed by atoms with E-state index in [9.17, 15) is 0 Å². The van der Waals surface area contributed by atoms with E-state index in [1.54, 1.807) is 13.3 Å². The average Bonchev–Trinajstić information content (AvgIpc) is 2.05. The Bertz CT molecular complexity index is 251. The predicted octanol–water partition coefficient (Wildman–Crippen LogP) is 2.82. The largest absolute Gasteiger partial charge is 0.376 e. The number of aromatic nitrogens is 1. The SMILES string of the molecule is COC(c1cccnc1)C(C)(C)C. The molecule has 0 aliphatic carbocycles. The topological polar surface area (TPSA) is 22.1 Å². The van der Waals surface area contributed by atoms with Gasteiger partial charge in [-0.1, -0.05) is 26.8 Å². The maximum Gasteiger partial charge on any atom is 0.0884 e. The van der Waals surface area contributed by atoms with E-state index in [4.69, 9.17) is 4.74 Å². The molecule has 13 heavy (non-hydrogen) atoms. The van der Waals surface area contributed by atoms with Crippen LogP contribution in [0.1, 0.15) is 32.4 Å². The van der Waals surface area contributed by atoms with E-state index in [0.29, 0.717) is 0 Å². The second kappa shape index (κ2) is 3.88. The third kappa shape index (κ3) is 2.52. The molecule has 0 aromatic carbocycles. The van der Waals surface area contributed by atoms with E-state index in [2.05, 4.69) is 25.8 Å². The molecule has 0 saturated carbocycles.